The first-order valence-corrected chi connectivity index (χ1v) is 5.30. The first kappa shape index (κ1) is 25.4. The lowest BCUT2D eigenvalue weighted by Gasteiger charge is -2.19. The number of halogens is 1. The number of hydrogen-bond donors (Lipinski definition) is 6. The van der Waals surface area contributed by atoms with Gasteiger partial charge in [0.15, 0.2) is 0 Å². The van der Waals surface area contributed by atoms with E-state index in [9.17, 15) is 0 Å². The van der Waals surface area contributed by atoms with Crippen LogP contribution < -0.4 is 11.5 Å². The zero-order valence-electron chi connectivity index (χ0n) is 9.61. The number of carboxylic acid groups (broad SMARTS) is 2. The van der Waals surface area contributed by atoms with E-state index in [1.807, 2.05) is 14.1 Å². The zero-order valence-corrected chi connectivity index (χ0v) is 12.2. The smallest absolute Gasteiger partial charge is 0.402 e. The summed E-state index contributed by atoms with van der Waals surface area (Å²) in [6.45, 7) is 0. The summed E-state index contributed by atoms with van der Waals surface area (Å²) < 4.78 is 0. The Kier molecular flexibility index (Phi) is 26.7. The fourth-order valence-electron chi connectivity index (χ4n) is 0.384. The highest BCUT2D eigenvalue weighted by atomic mass is 35.5. The van der Waals surface area contributed by atoms with Crippen molar-refractivity contribution in [2.45, 2.75) is 6.04 Å². The maximum Gasteiger partial charge on any atom is 0.402 e. The van der Waals surface area contributed by atoms with Gasteiger partial charge >= 0.3 is 12.2 Å². The number of thiol groups is 2. The molecule has 0 saturated carbocycles. The van der Waals surface area contributed by atoms with Crippen LogP contribution in [0.2, 0.25) is 0 Å². The molecule has 0 fully saturated rings. The third-order valence-electron chi connectivity index (χ3n) is 1.15. The van der Waals surface area contributed by atoms with E-state index in [0.29, 0.717) is 6.04 Å². The molecule has 0 aromatic carbocycles. The summed E-state index contributed by atoms with van der Waals surface area (Å²) in [6, 6.07) is 0.515. The van der Waals surface area contributed by atoms with Crippen molar-refractivity contribution in [2.24, 2.45) is 11.5 Å². The normalized spacial score (nSPS) is 8.12. The fourth-order valence-corrected chi connectivity index (χ4v) is 1.50. The minimum Gasteiger partial charge on any atom is -0.465 e. The molecule has 0 bridgehead atoms. The van der Waals surface area contributed by atoms with E-state index in [1.54, 1.807) is 0 Å². The molecular weight excluding hydrogens is 290 g/mol. The van der Waals surface area contributed by atoms with Gasteiger partial charge in [-0.3, -0.25) is 0 Å². The number of amides is 2. The van der Waals surface area contributed by atoms with Crippen LogP contribution in [0.5, 0.6) is 0 Å². The molecule has 7 nitrogen and oxygen atoms in total. The van der Waals surface area contributed by atoms with Crippen LogP contribution in [0.4, 0.5) is 9.59 Å². The highest BCUT2D eigenvalue weighted by molar-refractivity contribution is 7.81. The van der Waals surface area contributed by atoms with Gasteiger partial charge in [-0.2, -0.15) is 25.3 Å². The Morgan fingerprint density at radius 2 is 1.29 bits per heavy atom. The van der Waals surface area contributed by atoms with E-state index in [1.165, 1.54) is 0 Å². The van der Waals surface area contributed by atoms with Crippen LogP contribution in [0.15, 0.2) is 0 Å². The van der Waals surface area contributed by atoms with Crippen molar-refractivity contribution in [1.82, 2.24) is 4.90 Å². The molecule has 0 spiro atoms. The Morgan fingerprint density at radius 1 is 1.12 bits per heavy atom. The molecular formula is C7H20ClN3O4S2. The summed E-state index contributed by atoms with van der Waals surface area (Å²) in [6.07, 6.45) is -2.67. The molecule has 106 valence electrons. The van der Waals surface area contributed by atoms with Gasteiger partial charge in [0.2, 0.25) is 0 Å². The molecule has 0 rings (SSSR count). The first-order valence-electron chi connectivity index (χ1n) is 4.03. The van der Waals surface area contributed by atoms with Gasteiger partial charge in [-0.1, -0.05) is 0 Å². The van der Waals surface area contributed by atoms with E-state index in [2.05, 4.69) is 41.6 Å². The third-order valence-corrected chi connectivity index (χ3v) is 1.99. The Morgan fingerprint density at radius 3 is 1.29 bits per heavy atom. The maximum atomic E-state index is 8.78. The predicted octanol–water partition coefficient (Wildman–Crippen LogP) is 0.444. The van der Waals surface area contributed by atoms with Crippen LogP contribution in [-0.4, -0.2) is 58.9 Å². The van der Waals surface area contributed by atoms with Crippen LogP contribution in [0, 0.1) is 0 Å². The SMILES string of the molecule is CN(C)C(CS)CS.Cl.NC(=O)O.NC(=O)O. The van der Waals surface area contributed by atoms with Crippen LogP contribution in [-0.2, 0) is 0 Å². The Hall–Kier alpha value is -0.510. The standard InChI is InChI=1S/C5H13NS2.2CH3NO2.ClH/c1-6(2)5(3-7)4-8;2*2-1(3)4;/h5,7-8H,3-4H2,1-2H3;2*2H2,(H,3,4);1H. The van der Waals surface area contributed by atoms with Gasteiger partial charge in [0.05, 0.1) is 0 Å². The largest absolute Gasteiger partial charge is 0.465 e. The molecule has 0 aromatic rings. The van der Waals surface area contributed by atoms with Crippen molar-refractivity contribution < 1.29 is 19.8 Å². The molecule has 0 aliphatic rings. The lowest BCUT2D eigenvalue weighted by atomic mass is 10.4. The summed E-state index contributed by atoms with van der Waals surface area (Å²) in [7, 11) is 4.08. The molecule has 0 saturated heterocycles. The molecule has 0 unspecified atom stereocenters. The second-order valence-corrected chi connectivity index (χ2v) is 3.39. The number of primary amides is 2. The molecule has 2 amide bonds. The second-order valence-electron chi connectivity index (χ2n) is 2.66. The number of nitrogens with two attached hydrogens (primary N) is 2. The second kappa shape index (κ2) is 17.9. The minimum absolute atomic E-state index is 0. The first-order chi connectivity index (χ1) is 7.18. The quantitative estimate of drug-likeness (QED) is 0.421. The molecule has 0 atom stereocenters. The molecule has 0 aromatic heterocycles. The Balaban J connectivity index is -0.0000000806. The van der Waals surface area contributed by atoms with Gasteiger partial charge in [-0.25, -0.2) is 9.59 Å². The van der Waals surface area contributed by atoms with Gasteiger partial charge < -0.3 is 26.6 Å². The Bertz CT molecular complexity index is 174. The van der Waals surface area contributed by atoms with Crippen molar-refractivity contribution in [3.8, 4) is 0 Å². The van der Waals surface area contributed by atoms with Crippen molar-refractivity contribution in [2.75, 3.05) is 25.6 Å². The summed E-state index contributed by atoms with van der Waals surface area (Å²) in [4.78, 5) is 19.7. The lowest BCUT2D eigenvalue weighted by Crippen LogP contribution is -2.30. The summed E-state index contributed by atoms with van der Waals surface area (Å²) in [5.41, 5.74) is 8.06. The zero-order chi connectivity index (χ0) is 13.7. The van der Waals surface area contributed by atoms with Gasteiger partial charge in [0.25, 0.3) is 0 Å². The van der Waals surface area contributed by atoms with Crippen LogP contribution in [0.25, 0.3) is 0 Å². The molecule has 0 aliphatic carbocycles. The number of carbonyl (C=O) groups is 2. The van der Waals surface area contributed by atoms with E-state index < -0.39 is 12.2 Å². The number of rotatable bonds is 3. The predicted molar refractivity (Wildman–Crippen MR) is 76.9 cm³/mol. The monoisotopic (exact) mass is 309 g/mol. The molecule has 10 heteroatoms. The molecule has 0 radical (unpaired) electrons. The van der Waals surface area contributed by atoms with Crippen molar-refractivity contribution in [1.29, 1.82) is 0 Å². The van der Waals surface area contributed by atoms with Gasteiger partial charge in [0, 0.05) is 17.5 Å². The van der Waals surface area contributed by atoms with Gasteiger partial charge in [0.1, 0.15) is 0 Å². The molecule has 0 aliphatic heterocycles. The van der Waals surface area contributed by atoms with E-state index in [4.69, 9.17) is 19.8 Å². The topological polar surface area (TPSA) is 130 Å². The van der Waals surface area contributed by atoms with Crippen LogP contribution in [0.1, 0.15) is 0 Å². The molecule has 0 heterocycles. The van der Waals surface area contributed by atoms with Crippen molar-refractivity contribution in [3.63, 3.8) is 0 Å². The third kappa shape index (κ3) is 50.2. The van der Waals surface area contributed by atoms with Gasteiger partial charge in [-0.15, -0.1) is 12.4 Å². The van der Waals surface area contributed by atoms with Crippen LogP contribution in [0.3, 0.4) is 0 Å². The highest BCUT2D eigenvalue weighted by Gasteiger charge is 2.04. The fraction of sp³-hybridized carbons (Fsp3) is 0.714. The van der Waals surface area contributed by atoms with Crippen molar-refractivity contribution in [3.05, 3.63) is 0 Å². The summed E-state index contributed by atoms with van der Waals surface area (Å²) in [5, 5.41) is 14.4. The van der Waals surface area contributed by atoms with Crippen LogP contribution >= 0.6 is 37.7 Å². The van der Waals surface area contributed by atoms with Crippen molar-refractivity contribution >= 4 is 49.9 Å². The average molecular weight is 310 g/mol. The summed E-state index contributed by atoms with van der Waals surface area (Å²) in [5.74, 6) is 1.77. The number of nitrogens with zero attached hydrogens (tertiary/aromatic N) is 1. The van der Waals surface area contributed by atoms with E-state index >= 15 is 0 Å². The van der Waals surface area contributed by atoms with E-state index in [-0.39, 0.29) is 12.4 Å². The average Bonchev–Trinajstić information content (AvgIpc) is 2.03. The molecule has 17 heavy (non-hydrogen) atoms. The van der Waals surface area contributed by atoms with Gasteiger partial charge in [-0.05, 0) is 14.1 Å². The minimum atomic E-state index is -1.33. The summed E-state index contributed by atoms with van der Waals surface area (Å²) >= 11 is 8.29. The lowest BCUT2D eigenvalue weighted by molar-refractivity contribution is 0.204. The van der Waals surface area contributed by atoms with E-state index in [0.717, 1.165) is 11.5 Å². The highest BCUT2D eigenvalue weighted by Crippen LogP contribution is 1.96. The Labute approximate surface area is 118 Å². The maximum absolute atomic E-state index is 8.78. The molecule has 6 N–H and O–H groups in total. The number of hydrogen-bond acceptors (Lipinski definition) is 5.